The molecule has 0 amide bonds. The summed E-state index contributed by atoms with van der Waals surface area (Å²) in [5.41, 5.74) is 0. The molecule has 2 saturated carbocycles. The van der Waals surface area contributed by atoms with Crippen LogP contribution < -0.4 is 0 Å². The van der Waals surface area contributed by atoms with Crippen LogP contribution in [0, 0.1) is 0 Å². The normalized spacial score (nSPS) is 19.0. The van der Waals surface area contributed by atoms with Gasteiger partial charge in [-0.25, -0.2) is 0 Å². The van der Waals surface area contributed by atoms with Gasteiger partial charge in [0, 0.05) is 0 Å². The molecule has 0 heterocycles. The van der Waals surface area contributed by atoms with Crippen LogP contribution in [0.2, 0.25) is 36.3 Å². The summed E-state index contributed by atoms with van der Waals surface area (Å²) in [6, 6.07) is 7.32. The molecule has 0 N–H and O–H groups in total. The monoisotopic (exact) mass is 592 g/mol. The van der Waals surface area contributed by atoms with Crippen LogP contribution >= 0.6 is 0 Å². The van der Waals surface area contributed by atoms with Gasteiger partial charge in [0.2, 0.25) is 0 Å². The van der Waals surface area contributed by atoms with Crippen molar-refractivity contribution in [3.8, 4) is 0 Å². The zero-order valence-electron chi connectivity index (χ0n) is 25.8. The molecule has 0 bridgehead atoms. The maximum atomic E-state index is 7.74. The fourth-order valence-corrected chi connectivity index (χ4v) is 27.7. The summed E-state index contributed by atoms with van der Waals surface area (Å²) in [4.78, 5) is 0. The van der Waals surface area contributed by atoms with E-state index in [9.17, 15) is 0 Å². The van der Waals surface area contributed by atoms with Crippen LogP contribution in [0.1, 0.15) is 144 Å². The zero-order valence-corrected chi connectivity index (χ0v) is 29.4. The second-order valence-corrected chi connectivity index (χ2v) is 24.7. The Balaban J connectivity index is 2.59. The van der Waals surface area contributed by atoms with Crippen LogP contribution in [0.15, 0.2) is 0 Å². The van der Waals surface area contributed by atoms with Crippen LogP contribution in [0.3, 0.4) is 0 Å². The van der Waals surface area contributed by atoms with Gasteiger partial charge >= 0.3 is 240 Å². The fraction of sp³-hybridized carbons (Fsp3) is 1.00. The molecule has 0 spiro atoms. The van der Waals surface area contributed by atoms with Crippen LogP contribution in [0.4, 0.5) is 0 Å². The first-order chi connectivity index (χ1) is 17.9. The molecule has 37 heavy (non-hydrogen) atoms. The molecule has 0 aromatic carbocycles. The Morgan fingerprint density at radius 3 is 0.973 bits per heavy atom. The van der Waals surface area contributed by atoms with Gasteiger partial charge in [0.25, 0.3) is 0 Å². The quantitative estimate of drug-likeness (QED) is 0.132. The van der Waals surface area contributed by atoms with Crippen molar-refractivity contribution >= 4 is 16.6 Å². The predicted molar refractivity (Wildman–Crippen MR) is 160 cm³/mol. The van der Waals surface area contributed by atoms with Gasteiger partial charge in [-0.05, 0) is 0 Å². The van der Waals surface area contributed by atoms with Crippen molar-refractivity contribution in [1.82, 2.24) is 0 Å². The Labute approximate surface area is 239 Å². The second-order valence-electron chi connectivity index (χ2n) is 12.3. The first-order valence-corrected chi connectivity index (χ1v) is 24.3. The van der Waals surface area contributed by atoms with Gasteiger partial charge < -0.3 is 0 Å². The van der Waals surface area contributed by atoms with E-state index in [0.717, 1.165) is 25.7 Å². The first kappa shape index (κ1) is 34.2. The van der Waals surface area contributed by atoms with E-state index in [0.29, 0.717) is 0 Å². The third-order valence-corrected chi connectivity index (χ3v) is 26.8. The summed E-state index contributed by atoms with van der Waals surface area (Å²) in [5.74, 6) is 0. The summed E-state index contributed by atoms with van der Waals surface area (Å²) < 4.78 is 30.2. The Bertz CT molecular complexity index is 498. The Hall–Kier alpha value is 0.988. The van der Waals surface area contributed by atoms with Crippen molar-refractivity contribution in [2.75, 3.05) is 0 Å². The van der Waals surface area contributed by atoms with E-state index in [1.54, 1.807) is 0 Å². The molecule has 0 atom stereocenters. The molecule has 0 saturated heterocycles. The third kappa shape index (κ3) is 11.4. The molecule has 0 aliphatic heterocycles. The minimum atomic E-state index is -4.06. The molecule has 0 unspecified atom stereocenters. The SMILES string of the molecule is CCC[Si](CCC)(CCC)[O][Ti]([O]C1CCCCC1)([O]C1CCCCC1)[O][Si](CCC)(CCC)CCC. The van der Waals surface area contributed by atoms with Crippen LogP contribution in [-0.4, -0.2) is 28.8 Å². The average Bonchev–Trinajstić information content (AvgIpc) is 2.86. The van der Waals surface area contributed by atoms with E-state index in [1.165, 1.54) is 113 Å². The third-order valence-electron chi connectivity index (χ3n) is 8.64. The van der Waals surface area contributed by atoms with Gasteiger partial charge in [-0.1, -0.05) is 0 Å². The Morgan fingerprint density at radius 1 is 0.459 bits per heavy atom. The second kappa shape index (κ2) is 18.4. The van der Waals surface area contributed by atoms with Gasteiger partial charge in [0.05, 0.1) is 0 Å². The van der Waals surface area contributed by atoms with E-state index >= 15 is 0 Å². The Kier molecular flexibility index (Phi) is 17.0. The summed E-state index contributed by atoms with van der Waals surface area (Å²) in [6.45, 7) is 14.1. The van der Waals surface area contributed by atoms with Crippen molar-refractivity contribution in [2.45, 2.75) is 193 Å². The summed E-state index contributed by atoms with van der Waals surface area (Å²) >= 11 is -4.06. The summed E-state index contributed by atoms with van der Waals surface area (Å²) in [7, 11) is -4.08. The van der Waals surface area contributed by atoms with Crippen molar-refractivity contribution in [1.29, 1.82) is 0 Å². The standard InChI is InChI=1S/2C9H21OSi.2C6H11O.Ti/c2*1-4-7-11(10,8-5-2)9-6-3;2*7-6-4-2-1-3-5-6;/h2*4-9H2,1-3H3;2*6H,1-5H2;/q4*-1;+4. The Morgan fingerprint density at radius 2 is 0.730 bits per heavy atom. The van der Waals surface area contributed by atoms with Gasteiger partial charge in [0.1, 0.15) is 0 Å². The van der Waals surface area contributed by atoms with E-state index < -0.39 is 34.8 Å². The zero-order chi connectivity index (χ0) is 27.0. The topological polar surface area (TPSA) is 36.9 Å². The average molecular weight is 593 g/mol. The van der Waals surface area contributed by atoms with E-state index in [1.807, 2.05) is 0 Å². The van der Waals surface area contributed by atoms with Crippen LogP contribution in [-0.2, 0) is 30.8 Å². The van der Waals surface area contributed by atoms with Gasteiger partial charge in [-0.3, -0.25) is 0 Å². The molecule has 2 aliphatic rings. The van der Waals surface area contributed by atoms with Gasteiger partial charge in [0.15, 0.2) is 0 Å². The van der Waals surface area contributed by atoms with Crippen molar-refractivity contribution in [2.24, 2.45) is 0 Å². The molecule has 2 rings (SSSR count). The first-order valence-electron chi connectivity index (χ1n) is 16.7. The van der Waals surface area contributed by atoms with Crippen molar-refractivity contribution in [3.63, 3.8) is 0 Å². The molecular formula is C30H64O4Si2Ti. The van der Waals surface area contributed by atoms with Crippen molar-refractivity contribution in [3.05, 3.63) is 0 Å². The molecule has 4 nitrogen and oxygen atoms in total. The maximum absolute atomic E-state index is 7.74. The predicted octanol–water partition coefficient (Wildman–Crippen LogP) is 10.9. The summed E-state index contributed by atoms with van der Waals surface area (Å²) in [5, 5.41) is 0. The molecular weight excluding hydrogens is 528 g/mol. The van der Waals surface area contributed by atoms with Gasteiger partial charge in [-0.2, -0.15) is 0 Å². The van der Waals surface area contributed by atoms with E-state index in [-0.39, 0.29) is 12.2 Å². The molecule has 0 radical (unpaired) electrons. The molecule has 2 aliphatic carbocycles. The molecule has 0 aromatic rings. The van der Waals surface area contributed by atoms with Crippen LogP contribution in [0.25, 0.3) is 0 Å². The van der Waals surface area contributed by atoms with Crippen LogP contribution in [0.5, 0.6) is 0 Å². The molecule has 2 fully saturated rings. The van der Waals surface area contributed by atoms with E-state index in [4.69, 9.17) is 12.7 Å². The molecule has 7 heteroatoms. The number of hydrogen-bond donors (Lipinski definition) is 0. The number of hydrogen-bond acceptors (Lipinski definition) is 4. The van der Waals surface area contributed by atoms with Gasteiger partial charge in [-0.15, -0.1) is 0 Å². The number of rotatable bonds is 20. The molecule has 220 valence electrons. The fourth-order valence-electron chi connectivity index (χ4n) is 7.24. The van der Waals surface area contributed by atoms with E-state index in [2.05, 4.69) is 41.5 Å². The minimum absolute atomic E-state index is 0.269. The van der Waals surface area contributed by atoms with Crippen molar-refractivity contribution < 1.29 is 30.8 Å². The molecule has 0 aromatic heterocycles. The summed E-state index contributed by atoms with van der Waals surface area (Å²) in [6.07, 6.45) is 20.1.